The molecule has 1 aromatic carbocycles. The van der Waals surface area contributed by atoms with Gasteiger partial charge in [0.2, 0.25) is 0 Å². The molecule has 0 amide bonds. The summed E-state index contributed by atoms with van der Waals surface area (Å²) in [7, 11) is -2.14. The third-order valence-electron chi connectivity index (χ3n) is 6.75. The maximum Gasteiger partial charge on any atom is 0.332 e. The van der Waals surface area contributed by atoms with E-state index in [1.807, 2.05) is 13.0 Å². The second-order valence-electron chi connectivity index (χ2n) is 9.98. The molecule has 0 bridgehead atoms. The third-order valence-corrected chi connectivity index (χ3v) is 10.0. The molecule has 6 rings (SSSR count). The Labute approximate surface area is 220 Å². The molecule has 1 saturated carbocycles. The minimum atomic E-state index is -3.88. The minimum absolute atomic E-state index is 0.00365. The number of benzene rings is 1. The van der Waals surface area contributed by atoms with Gasteiger partial charge in [-0.3, -0.25) is 18.6 Å². The quantitative estimate of drug-likeness (QED) is 0.299. The number of furan rings is 1. The summed E-state index contributed by atoms with van der Waals surface area (Å²) in [4.78, 5) is 27.5. The van der Waals surface area contributed by atoms with Gasteiger partial charge in [-0.1, -0.05) is 6.07 Å². The molecule has 4 aromatic heterocycles. The lowest BCUT2D eigenvalue weighted by Gasteiger charge is -2.12. The normalized spacial score (nSPS) is 15.0. The average Bonchev–Trinajstić information content (AvgIpc) is 3.27. The second kappa shape index (κ2) is 8.76. The highest BCUT2D eigenvalue weighted by Gasteiger charge is 2.41. The number of rotatable bonds is 8. The molecule has 1 aliphatic carbocycles. The average molecular weight is 556 g/mol. The van der Waals surface area contributed by atoms with Crippen LogP contribution in [0.15, 0.2) is 60.9 Å². The Morgan fingerprint density at radius 3 is 2.58 bits per heavy atom. The SMILES string of the molecule is Cn1cc(Cn2c(=O)c3cc(S(=O)(=O)NC4(C)CC4)sc3n(Cc3ccc4oc(CO)cc4c3)c2=O)cn1. The number of fused-ring (bicyclic) bond motifs is 2. The van der Waals surface area contributed by atoms with Crippen LogP contribution in [-0.2, 0) is 36.8 Å². The summed E-state index contributed by atoms with van der Waals surface area (Å²) in [6, 6.07) is 8.47. The van der Waals surface area contributed by atoms with E-state index >= 15 is 0 Å². The van der Waals surface area contributed by atoms with Crippen molar-refractivity contribution in [2.45, 2.75) is 49.2 Å². The topological polar surface area (TPSA) is 141 Å². The van der Waals surface area contributed by atoms with E-state index in [2.05, 4.69) is 9.82 Å². The number of aliphatic hydroxyl groups excluding tert-OH is 1. The zero-order valence-corrected chi connectivity index (χ0v) is 22.3. The van der Waals surface area contributed by atoms with E-state index in [4.69, 9.17) is 4.42 Å². The number of aliphatic hydroxyl groups is 1. The van der Waals surface area contributed by atoms with E-state index in [9.17, 15) is 23.1 Å². The Morgan fingerprint density at radius 2 is 1.89 bits per heavy atom. The summed E-state index contributed by atoms with van der Waals surface area (Å²) < 4.78 is 38.7. The van der Waals surface area contributed by atoms with Crippen LogP contribution in [0, 0.1) is 0 Å². The number of aryl methyl sites for hydroxylation is 1. The molecule has 1 fully saturated rings. The molecule has 0 radical (unpaired) electrons. The van der Waals surface area contributed by atoms with Gasteiger partial charge in [0.1, 0.15) is 27.0 Å². The third kappa shape index (κ3) is 4.41. The summed E-state index contributed by atoms with van der Waals surface area (Å²) in [5, 5.41) is 14.4. The molecule has 0 atom stereocenters. The van der Waals surface area contributed by atoms with Gasteiger partial charge in [-0.25, -0.2) is 17.9 Å². The van der Waals surface area contributed by atoms with E-state index < -0.39 is 26.8 Å². The number of sulfonamides is 1. The van der Waals surface area contributed by atoms with Crippen LogP contribution >= 0.6 is 11.3 Å². The number of nitrogens with zero attached hydrogens (tertiary/aromatic N) is 4. The van der Waals surface area contributed by atoms with Gasteiger partial charge in [0, 0.05) is 29.7 Å². The summed E-state index contributed by atoms with van der Waals surface area (Å²) in [6.45, 7) is 1.70. The molecule has 2 N–H and O–H groups in total. The van der Waals surface area contributed by atoms with Crippen LogP contribution in [0.1, 0.15) is 36.7 Å². The molecule has 11 nitrogen and oxygen atoms in total. The lowest BCUT2D eigenvalue weighted by molar-refractivity contribution is 0.251. The molecule has 0 unspecified atom stereocenters. The summed E-state index contributed by atoms with van der Waals surface area (Å²) in [5.41, 5.74) is 0.421. The summed E-state index contributed by atoms with van der Waals surface area (Å²) in [6.07, 6.45) is 4.79. The fourth-order valence-electron chi connectivity index (χ4n) is 4.50. The maximum atomic E-state index is 13.7. The summed E-state index contributed by atoms with van der Waals surface area (Å²) >= 11 is 0.909. The fraction of sp³-hybridized carbons (Fsp3) is 0.320. The standard InChI is InChI=1S/C25H25N5O6S2/c1-25(5-6-25)27-38(34,35)21-9-19-22(32)29(13-16-10-26-28(2)11-16)24(33)30(23(19)37-21)12-15-3-4-20-17(7-15)8-18(14-31)36-20/h3-4,7-11,27,31H,5-6,12-14H2,1-2H3. The number of aromatic nitrogens is 4. The molecule has 0 spiro atoms. The van der Waals surface area contributed by atoms with Crippen molar-refractivity contribution in [2.75, 3.05) is 0 Å². The molecular formula is C25H25N5O6S2. The first-order valence-corrected chi connectivity index (χ1v) is 14.3. The van der Waals surface area contributed by atoms with Crippen molar-refractivity contribution in [1.29, 1.82) is 0 Å². The highest BCUT2D eigenvalue weighted by molar-refractivity contribution is 7.91. The minimum Gasteiger partial charge on any atom is -0.459 e. The predicted molar refractivity (Wildman–Crippen MR) is 142 cm³/mol. The molecule has 0 aliphatic heterocycles. The van der Waals surface area contributed by atoms with E-state index in [0.717, 1.165) is 39.7 Å². The first kappa shape index (κ1) is 24.8. The monoisotopic (exact) mass is 555 g/mol. The fourth-order valence-corrected chi connectivity index (χ4v) is 7.40. The van der Waals surface area contributed by atoms with E-state index in [-0.39, 0.29) is 34.1 Å². The van der Waals surface area contributed by atoms with Crippen molar-refractivity contribution >= 4 is 42.5 Å². The van der Waals surface area contributed by atoms with Crippen molar-refractivity contribution in [3.05, 3.63) is 80.5 Å². The van der Waals surface area contributed by atoms with Crippen LogP contribution in [0.4, 0.5) is 0 Å². The summed E-state index contributed by atoms with van der Waals surface area (Å²) in [5.74, 6) is 0.423. The maximum absolute atomic E-state index is 13.7. The molecule has 0 saturated heterocycles. The number of hydrogen-bond donors (Lipinski definition) is 2. The predicted octanol–water partition coefficient (Wildman–Crippen LogP) is 2.12. The van der Waals surface area contributed by atoms with Crippen LogP contribution in [0.2, 0.25) is 0 Å². The van der Waals surface area contributed by atoms with Crippen molar-refractivity contribution in [1.82, 2.24) is 23.6 Å². The Bertz CT molecular complexity index is 1940. The Kier molecular flexibility index (Phi) is 5.72. The smallest absolute Gasteiger partial charge is 0.332 e. The molecule has 5 aromatic rings. The van der Waals surface area contributed by atoms with Crippen LogP contribution in [-0.4, -0.2) is 38.0 Å². The first-order chi connectivity index (χ1) is 18.0. The number of hydrogen-bond acceptors (Lipinski definition) is 8. The van der Waals surface area contributed by atoms with Crippen LogP contribution in [0.5, 0.6) is 0 Å². The van der Waals surface area contributed by atoms with Gasteiger partial charge >= 0.3 is 5.69 Å². The Morgan fingerprint density at radius 1 is 1.13 bits per heavy atom. The zero-order valence-electron chi connectivity index (χ0n) is 20.7. The van der Waals surface area contributed by atoms with Crippen molar-refractivity contribution in [3.8, 4) is 0 Å². The lowest BCUT2D eigenvalue weighted by Crippen LogP contribution is -2.40. The molecule has 1 aliphatic rings. The first-order valence-electron chi connectivity index (χ1n) is 12.0. The molecule has 13 heteroatoms. The molecule has 4 heterocycles. The van der Waals surface area contributed by atoms with Gasteiger partial charge < -0.3 is 9.52 Å². The number of nitrogens with one attached hydrogen (secondary N) is 1. The van der Waals surface area contributed by atoms with E-state index in [1.54, 1.807) is 42.3 Å². The second-order valence-corrected chi connectivity index (χ2v) is 12.9. The molecule has 38 heavy (non-hydrogen) atoms. The van der Waals surface area contributed by atoms with E-state index in [1.165, 1.54) is 10.6 Å². The van der Waals surface area contributed by atoms with Crippen molar-refractivity contribution in [3.63, 3.8) is 0 Å². The molecule has 198 valence electrons. The Hall–Kier alpha value is -3.52. The molecular weight excluding hydrogens is 530 g/mol. The van der Waals surface area contributed by atoms with Gasteiger partial charge in [-0.15, -0.1) is 11.3 Å². The van der Waals surface area contributed by atoms with Gasteiger partial charge in [0.25, 0.3) is 15.6 Å². The highest BCUT2D eigenvalue weighted by Crippen LogP contribution is 2.37. The van der Waals surface area contributed by atoms with Crippen LogP contribution < -0.4 is 16.0 Å². The van der Waals surface area contributed by atoms with Crippen LogP contribution in [0.3, 0.4) is 0 Å². The van der Waals surface area contributed by atoms with Gasteiger partial charge in [0.15, 0.2) is 0 Å². The van der Waals surface area contributed by atoms with Crippen LogP contribution in [0.25, 0.3) is 21.2 Å². The van der Waals surface area contributed by atoms with Gasteiger partial charge in [-0.2, -0.15) is 5.10 Å². The Balaban J connectivity index is 1.51. The highest BCUT2D eigenvalue weighted by atomic mass is 32.2. The number of thiophene rings is 1. The van der Waals surface area contributed by atoms with Crippen molar-refractivity contribution < 1.29 is 17.9 Å². The van der Waals surface area contributed by atoms with E-state index in [0.29, 0.717) is 16.9 Å². The van der Waals surface area contributed by atoms with Gasteiger partial charge in [-0.05, 0) is 49.6 Å². The largest absolute Gasteiger partial charge is 0.459 e. The lowest BCUT2D eigenvalue weighted by atomic mass is 10.1. The van der Waals surface area contributed by atoms with Crippen molar-refractivity contribution in [2.24, 2.45) is 7.05 Å². The van der Waals surface area contributed by atoms with Gasteiger partial charge in [0.05, 0.1) is 24.7 Å². The zero-order chi connectivity index (χ0) is 26.8.